The summed E-state index contributed by atoms with van der Waals surface area (Å²) in [6.45, 7) is 1.91. The van der Waals surface area contributed by atoms with Crippen molar-refractivity contribution >= 4 is 11.9 Å². The number of carbonyl (C=O) groups is 2. The van der Waals surface area contributed by atoms with Crippen LogP contribution in [0.25, 0.3) is 0 Å². The molecule has 114 valence electrons. The van der Waals surface area contributed by atoms with Gasteiger partial charge in [-0.15, -0.1) is 0 Å². The van der Waals surface area contributed by atoms with Gasteiger partial charge in [0, 0.05) is 20.2 Å². The molecule has 1 atom stereocenters. The van der Waals surface area contributed by atoms with Gasteiger partial charge in [-0.3, -0.25) is 4.79 Å². The van der Waals surface area contributed by atoms with Crippen LogP contribution in [0.15, 0.2) is 24.3 Å². The largest absolute Gasteiger partial charge is 0.478 e. The normalized spacial score (nSPS) is 18.5. The molecule has 6 nitrogen and oxygen atoms in total. The Morgan fingerprint density at radius 3 is 2.90 bits per heavy atom. The summed E-state index contributed by atoms with van der Waals surface area (Å²) in [5, 5.41) is 9.14. The molecule has 1 unspecified atom stereocenters. The summed E-state index contributed by atoms with van der Waals surface area (Å²) in [5.41, 5.74) is 0.706. The summed E-state index contributed by atoms with van der Waals surface area (Å²) < 4.78 is 10.5. The van der Waals surface area contributed by atoms with E-state index in [1.807, 2.05) is 0 Å². The number of ether oxygens (including phenoxy) is 2. The molecule has 1 N–H and O–H groups in total. The van der Waals surface area contributed by atoms with E-state index in [4.69, 9.17) is 14.6 Å². The number of carbonyl (C=O) groups excluding carboxylic acids is 1. The Morgan fingerprint density at radius 1 is 1.43 bits per heavy atom. The van der Waals surface area contributed by atoms with E-state index >= 15 is 0 Å². The van der Waals surface area contributed by atoms with E-state index in [1.165, 1.54) is 6.07 Å². The van der Waals surface area contributed by atoms with Crippen molar-refractivity contribution in [2.45, 2.75) is 12.5 Å². The van der Waals surface area contributed by atoms with E-state index in [9.17, 15) is 9.59 Å². The number of methoxy groups -OCH3 is 1. The van der Waals surface area contributed by atoms with Gasteiger partial charge < -0.3 is 19.5 Å². The average Bonchev–Trinajstić information content (AvgIpc) is 2.48. The summed E-state index contributed by atoms with van der Waals surface area (Å²) in [4.78, 5) is 25.2. The van der Waals surface area contributed by atoms with Gasteiger partial charge in [0.1, 0.15) is 0 Å². The first-order valence-electron chi connectivity index (χ1n) is 6.81. The zero-order valence-corrected chi connectivity index (χ0v) is 11.9. The highest BCUT2D eigenvalue weighted by Crippen LogP contribution is 2.13. The van der Waals surface area contributed by atoms with Crippen molar-refractivity contribution < 1.29 is 24.2 Å². The van der Waals surface area contributed by atoms with Crippen LogP contribution in [0.5, 0.6) is 0 Å². The smallest absolute Gasteiger partial charge is 0.335 e. The van der Waals surface area contributed by atoms with E-state index in [0.29, 0.717) is 31.9 Å². The number of aromatic carboxylic acids is 1. The van der Waals surface area contributed by atoms with Crippen LogP contribution < -0.4 is 0 Å². The number of hydrogen-bond donors (Lipinski definition) is 1. The molecule has 1 fully saturated rings. The van der Waals surface area contributed by atoms with E-state index < -0.39 is 5.97 Å². The van der Waals surface area contributed by atoms with Gasteiger partial charge in [0.15, 0.2) is 0 Å². The number of amides is 1. The van der Waals surface area contributed by atoms with Crippen LogP contribution in [0.2, 0.25) is 0 Å². The number of carboxylic acid groups (broad SMARTS) is 1. The van der Waals surface area contributed by atoms with Gasteiger partial charge in [0.2, 0.25) is 5.91 Å². The van der Waals surface area contributed by atoms with Gasteiger partial charge in [0.25, 0.3) is 0 Å². The molecule has 0 spiro atoms. The molecule has 1 aromatic rings. The highest BCUT2D eigenvalue weighted by Gasteiger charge is 2.25. The summed E-state index contributed by atoms with van der Waals surface area (Å²) in [6, 6.07) is 6.58. The van der Waals surface area contributed by atoms with Gasteiger partial charge >= 0.3 is 5.97 Å². The molecular formula is C15H19NO5. The third-order valence-corrected chi connectivity index (χ3v) is 3.43. The average molecular weight is 293 g/mol. The summed E-state index contributed by atoms with van der Waals surface area (Å²) in [6.07, 6.45) is -0.0373. The van der Waals surface area contributed by atoms with E-state index in [-0.39, 0.29) is 24.0 Å². The second kappa shape index (κ2) is 7.19. The van der Waals surface area contributed by atoms with Crippen molar-refractivity contribution in [1.82, 2.24) is 4.90 Å². The Balaban J connectivity index is 2.03. The molecule has 2 rings (SSSR count). The Kier molecular flexibility index (Phi) is 5.30. The fraction of sp³-hybridized carbons (Fsp3) is 0.467. The molecule has 21 heavy (non-hydrogen) atoms. The highest BCUT2D eigenvalue weighted by atomic mass is 16.5. The van der Waals surface area contributed by atoms with E-state index in [1.54, 1.807) is 30.2 Å². The van der Waals surface area contributed by atoms with Crippen molar-refractivity contribution in [1.29, 1.82) is 0 Å². The quantitative estimate of drug-likeness (QED) is 0.869. The third-order valence-electron chi connectivity index (χ3n) is 3.43. The molecular weight excluding hydrogens is 274 g/mol. The van der Waals surface area contributed by atoms with Gasteiger partial charge in [-0.05, 0) is 11.6 Å². The van der Waals surface area contributed by atoms with Gasteiger partial charge in [-0.25, -0.2) is 4.79 Å². The van der Waals surface area contributed by atoms with Crippen LogP contribution >= 0.6 is 0 Å². The Bertz CT molecular complexity index is 515. The van der Waals surface area contributed by atoms with E-state index in [0.717, 1.165) is 0 Å². The minimum absolute atomic E-state index is 0.0855. The fourth-order valence-electron chi connectivity index (χ4n) is 2.39. The molecule has 0 radical (unpaired) electrons. The van der Waals surface area contributed by atoms with Crippen LogP contribution in [0.3, 0.4) is 0 Å². The minimum Gasteiger partial charge on any atom is -0.478 e. The lowest BCUT2D eigenvalue weighted by Crippen LogP contribution is -2.47. The molecule has 1 heterocycles. The maximum atomic E-state index is 12.3. The lowest BCUT2D eigenvalue weighted by molar-refractivity contribution is -0.140. The number of morpholine rings is 1. The summed E-state index contributed by atoms with van der Waals surface area (Å²) >= 11 is 0. The van der Waals surface area contributed by atoms with Gasteiger partial charge in [0.05, 0.1) is 31.3 Å². The second-order valence-electron chi connectivity index (χ2n) is 4.93. The SMILES string of the molecule is COCC1CN(C(=O)Cc2ccccc2C(=O)O)CCO1. The number of nitrogens with zero attached hydrogens (tertiary/aromatic N) is 1. The maximum Gasteiger partial charge on any atom is 0.335 e. The monoisotopic (exact) mass is 293 g/mol. The number of carboxylic acids is 1. The number of rotatable bonds is 5. The van der Waals surface area contributed by atoms with Crippen molar-refractivity contribution in [2.75, 3.05) is 33.4 Å². The number of benzene rings is 1. The molecule has 0 saturated carbocycles. The summed E-state index contributed by atoms with van der Waals surface area (Å²) in [5.74, 6) is -1.11. The zero-order valence-electron chi connectivity index (χ0n) is 11.9. The van der Waals surface area contributed by atoms with E-state index in [2.05, 4.69) is 0 Å². The molecule has 0 aromatic heterocycles. The van der Waals surface area contributed by atoms with Crippen LogP contribution in [0, 0.1) is 0 Å². The predicted molar refractivity (Wildman–Crippen MR) is 75.3 cm³/mol. The zero-order chi connectivity index (χ0) is 15.2. The van der Waals surface area contributed by atoms with Crippen LogP contribution in [-0.4, -0.2) is 61.4 Å². The van der Waals surface area contributed by atoms with Crippen LogP contribution in [0.1, 0.15) is 15.9 Å². The molecule has 6 heteroatoms. The molecule has 1 amide bonds. The van der Waals surface area contributed by atoms with Crippen LogP contribution in [0.4, 0.5) is 0 Å². The molecule has 0 aliphatic carbocycles. The van der Waals surface area contributed by atoms with Gasteiger partial charge in [-0.2, -0.15) is 0 Å². The minimum atomic E-state index is -1.02. The van der Waals surface area contributed by atoms with Crippen molar-refractivity contribution in [3.05, 3.63) is 35.4 Å². The highest BCUT2D eigenvalue weighted by molar-refractivity contribution is 5.91. The fourth-order valence-corrected chi connectivity index (χ4v) is 2.39. The number of hydrogen-bond acceptors (Lipinski definition) is 4. The standard InChI is InChI=1S/C15H19NO5/c1-20-10-12-9-16(6-7-21-12)14(17)8-11-4-2-3-5-13(11)15(18)19/h2-5,12H,6-10H2,1H3,(H,18,19). The molecule has 1 saturated heterocycles. The van der Waals surface area contributed by atoms with Crippen molar-refractivity contribution in [3.8, 4) is 0 Å². The van der Waals surface area contributed by atoms with Gasteiger partial charge in [-0.1, -0.05) is 18.2 Å². The topological polar surface area (TPSA) is 76.1 Å². The Morgan fingerprint density at radius 2 is 2.19 bits per heavy atom. The maximum absolute atomic E-state index is 12.3. The summed E-state index contributed by atoms with van der Waals surface area (Å²) in [7, 11) is 1.59. The Labute approximate surface area is 123 Å². The molecule has 1 aliphatic rings. The third kappa shape index (κ3) is 4.03. The predicted octanol–water partition coefficient (Wildman–Crippen LogP) is 0.801. The first-order valence-corrected chi connectivity index (χ1v) is 6.81. The first kappa shape index (κ1) is 15.5. The molecule has 1 aliphatic heterocycles. The molecule has 1 aromatic carbocycles. The Hall–Kier alpha value is -1.92. The van der Waals surface area contributed by atoms with Crippen molar-refractivity contribution in [2.24, 2.45) is 0 Å². The lowest BCUT2D eigenvalue weighted by atomic mass is 10.0. The van der Waals surface area contributed by atoms with Crippen LogP contribution in [-0.2, 0) is 20.7 Å². The molecule has 0 bridgehead atoms. The van der Waals surface area contributed by atoms with Crippen molar-refractivity contribution in [3.63, 3.8) is 0 Å². The first-order chi connectivity index (χ1) is 10.1. The second-order valence-corrected chi connectivity index (χ2v) is 4.93. The lowest BCUT2D eigenvalue weighted by Gasteiger charge is -2.32.